The monoisotopic (exact) mass is 179 g/mol. The highest BCUT2D eigenvalue weighted by Crippen LogP contribution is 2.02. The average molecular weight is 179 g/mol. The minimum Gasteiger partial charge on any atom is -0.392 e. The fraction of sp³-hybridized carbons (Fsp3) is 0.455. The number of rotatable bonds is 4. The molecular weight excluding hydrogens is 162 g/mol. The maximum Gasteiger partial charge on any atom is 0.0636 e. The Bertz CT molecular complexity index is 258. The summed E-state index contributed by atoms with van der Waals surface area (Å²) in [6, 6.07) is 8.37. The highest BCUT2D eigenvalue weighted by molar-refractivity contribution is 5.21. The van der Waals surface area contributed by atoms with Crippen molar-refractivity contribution in [1.82, 2.24) is 5.32 Å². The third-order valence-corrected chi connectivity index (χ3v) is 1.85. The Morgan fingerprint density at radius 1 is 1.46 bits per heavy atom. The van der Waals surface area contributed by atoms with Gasteiger partial charge in [-0.15, -0.1) is 0 Å². The summed E-state index contributed by atoms with van der Waals surface area (Å²) in [6.45, 7) is 5.34. The van der Waals surface area contributed by atoms with Gasteiger partial charge < -0.3 is 10.4 Å². The molecule has 0 aliphatic heterocycles. The van der Waals surface area contributed by atoms with Crippen molar-refractivity contribution in [3.05, 3.63) is 35.4 Å². The summed E-state index contributed by atoms with van der Waals surface area (Å²) in [6.07, 6.45) is -0.273. The predicted octanol–water partition coefficient (Wildman–Crippen LogP) is 1.47. The molecule has 1 aromatic rings. The Kier molecular flexibility index (Phi) is 3.93. The van der Waals surface area contributed by atoms with Gasteiger partial charge in [-0.1, -0.05) is 29.8 Å². The Morgan fingerprint density at radius 2 is 2.23 bits per heavy atom. The normalized spacial score (nSPS) is 12.8. The minimum absolute atomic E-state index is 0.273. The number of benzene rings is 1. The topological polar surface area (TPSA) is 32.3 Å². The minimum atomic E-state index is -0.273. The molecule has 0 amide bonds. The van der Waals surface area contributed by atoms with Crippen molar-refractivity contribution in [1.29, 1.82) is 0 Å². The fourth-order valence-electron chi connectivity index (χ4n) is 1.25. The standard InChI is InChI=1S/C11H17NO/c1-9-4-3-5-11(6-9)8-12-7-10(2)13/h3-6,10,12-13H,7-8H2,1-2H3/t10-/m0/s1. The van der Waals surface area contributed by atoms with Gasteiger partial charge >= 0.3 is 0 Å². The molecule has 13 heavy (non-hydrogen) atoms. The highest BCUT2D eigenvalue weighted by Gasteiger charge is 1.95. The largest absolute Gasteiger partial charge is 0.392 e. The summed E-state index contributed by atoms with van der Waals surface area (Å²) in [7, 11) is 0. The molecule has 0 fully saturated rings. The summed E-state index contributed by atoms with van der Waals surface area (Å²) in [5, 5.41) is 12.2. The van der Waals surface area contributed by atoms with Gasteiger partial charge in [0.05, 0.1) is 6.10 Å². The summed E-state index contributed by atoms with van der Waals surface area (Å²) in [4.78, 5) is 0. The molecule has 0 saturated heterocycles. The van der Waals surface area contributed by atoms with E-state index < -0.39 is 0 Å². The van der Waals surface area contributed by atoms with Crippen LogP contribution in [0.15, 0.2) is 24.3 Å². The van der Waals surface area contributed by atoms with Gasteiger partial charge in [-0.3, -0.25) is 0 Å². The van der Waals surface area contributed by atoms with Crippen LogP contribution >= 0.6 is 0 Å². The Morgan fingerprint density at radius 3 is 2.85 bits per heavy atom. The van der Waals surface area contributed by atoms with Crippen LogP contribution in [0.4, 0.5) is 0 Å². The predicted molar refractivity (Wildman–Crippen MR) is 54.6 cm³/mol. The van der Waals surface area contributed by atoms with Crippen LogP contribution in [0.2, 0.25) is 0 Å². The molecule has 72 valence electrons. The van der Waals surface area contributed by atoms with E-state index in [1.807, 2.05) is 0 Å². The number of aryl methyl sites for hydroxylation is 1. The molecule has 1 rings (SSSR count). The first-order chi connectivity index (χ1) is 6.18. The number of hydrogen-bond acceptors (Lipinski definition) is 2. The molecule has 2 N–H and O–H groups in total. The lowest BCUT2D eigenvalue weighted by Gasteiger charge is -2.07. The van der Waals surface area contributed by atoms with Gasteiger partial charge in [0.1, 0.15) is 0 Å². The highest BCUT2D eigenvalue weighted by atomic mass is 16.3. The first-order valence-corrected chi connectivity index (χ1v) is 4.63. The lowest BCUT2D eigenvalue weighted by Crippen LogP contribution is -2.23. The molecule has 2 heteroatoms. The third kappa shape index (κ3) is 4.06. The van der Waals surface area contributed by atoms with Gasteiger partial charge in [0.2, 0.25) is 0 Å². The molecule has 0 unspecified atom stereocenters. The molecule has 0 aromatic heterocycles. The maximum absolute atomic E-state index is 9.02. The summed E-state index contributed by atoms with van der Waals surface area (Å²) in [5.41, 5.74) is 2.54. The summed E-state index contributed by atoms with van der Waals surface area (Å²) >= 11 is 0. The van der Waals surface area contributed by atoms with E-state index >= 15 is 0 Å². The van der Waals surface area contributed by atoms with Crippen LogP contribution in [-0.2, 0) is 6.54 Å². The van der Waals surface area contributed by atoms with Crippen molar-refractivity contribution in [2.45, 2.75) is 26.5 Å². The number of nitrogens with one attached hydrogen (secondary N) is 1. The van der Waals surface area contributed by atoms with Gasteiger partial charge in [-0.2, -0.15) is 0 Å². The van der Waals surface area contributed by atoms with Crippen molar-refractivity contribution in [2.75, 3.05) is 6.54 Å². The van der Waals surface area contributed by atoms with Crippen LogP contribution in [0.1, 0.15) is 18.1 Å². The zero-order valence-corrected chi connectivity index (χ0v) is 8.25. The number of hydrogen-bond donors (Lipinski definition) is 2. The van der Waals surface area contributed by atoms with Crippen LogP contribution in [0, 0.1) is 6.92 Å². The maximum atomic E-state index is 9.02. The van der Waals surface area contributed by atoms with Gasteiger partial charge in [0.15, 0.2) is 0 Å². The van der Waals surface area contributed by atoms with E-state index in [1.54, 1.807) is 6.92 Å². The van der Waals surface area contributed by atoms with Crippen molar-refractivity contribution in [3.8, 4) is 0 Å². The SMILES string of the molecule is Cc1cccc(CNC[C@H](C)O)c1. The summed E-state index contributed by atoms with van der Waals surface area (Å²) < 4.78 is 0. The van der Waals surface area contributed by atoms with E-state index in [0.29, 0.717) is 6.54 Å². The van der Waals surface area contributed by atoms with E-state index in [-0.39, 0.29) is 6.10 Å². The molecule has 0 aliphatic rings. The van der Waals surface area contributed by atoms with Crippen LogP contribution in [-0.4, -0.2) is 17.8 Å². The van der Waals surface area contributed by atoms with Crippen LogP contribution in [0.5, 0.6) is 0 Å². The third-order valence-electron chi connectivity index (χ3n) is 1.85. The molecule has 2 nitrogen and oxygen atoms in total. The van der Waals surface area contributed by atoms with Crippen LogP contribution in [0.25, 0.3) is 0 Å². The molecule has 0 saturated carbocycles. The van der Waals surface area contributed by atoms with Crippen LogP contribution < -0.4 is 5.32 Å². The second kappa shape index (κ2) is 5.00. The molecule has 0 spiro atoms. The van der Waals surface area contributed by atoms with Gasteiger partial charge in [-0.25, -0.2) is 0 Å². The molecule has 0 heterocycles. The average Bonchev–Trinajstić information content (AvgIpc) is 2.03. The van der Waals surface area contributed by atoms with Crippen molar-refractivity contribution in [2.24, 2.45) is 0 Å². The lowest BCUT2D eigenvalue weighted by atomic mass is 10.1. The Hall–Kier alpha value is -0.860. The number of aliphatic hydroxyl groups excluding tert-OH is 1. The van der Waals surface area contributed by atoms with Gasteiger partial charge in [0, 0.05) is 13.1 Å². The van der Waals surface area contributed by atoms with E-state index in [9.17, 15) is 0 Å². The first kappa shape index (κ1) is 10.2. The Balaban J connectivity index is 2.37. The smallest absolute Gasteiger partial charge is 0.0636 e. The molecule has 1 aromatic carbocycles. The van der Waals surface area contributed by atoms with E-state index in [0.717, 1.165) is 6.54 Å². The lowest BCUT2D eigenvalue weighted by molar-refractivity contribution is 0.191. The van der Waals surface area contributed by atoms with Crippen molar-refractivity contribution in [3.63, 3.8) is 0 Å². The van der Waals surface area contributed by atoms with Crippen molar-refractivity contribution >= 4 is 0 Å². The fourth-order valence-corrected chi connectivity index (χ4v) is 1.25. The first-order valence-electron chi connectivity index (χ1n) is 4.63. The van der Waals surface area contributed by atoms with E-state index in [1.165, 1.54) is 11.1 Å². The quantitative estimate of drug-likeness (QED) is 0.733. The molecule has 0 radical (unpaired) electrons. The zero-order chi connectivity index (χ0) is 9.68. The Labute approximate surface area is 79.6 Å². The van der Waals surface area contributed by atoms with E-state index in [4.69, 9.17) is 5.11 Å². The zero-order valence-electron chi connectivity index (χ0n) is 8.25. The second-order valence-corrected chi connectivity index (χ2v) is 3.47. The second-order valence-electron chi connectivity index (χ2n) is 3.47. The number of aliphatic hydroxyl groups is 1. The molecule has 1 atom stereocenters. The molecule has 0 aliphatic carbocycles. The summed E-state index contributed by atoms with van der Waals surface area (Å²) in [5.74, 6) is 0. The molecular formula is C11H17NO. The van der Waals surface area contributed by atoms with E-state index in [2.05, 4.69) is 36.5 Å². The van der Waals surface area contributed by atoms with Gasteiger partial charge in [-0.05, 0) is 19.4 Å². The molecule has 0 bridgehead atoms. The van der Waals surface area contributed by atoms with Crippen LogP contribution in [0.3, 0.4) is 0 Å². The van der Waals surface area contributed by atoms with Gasteiger partial charge in [0.25, 0.3) is 0 Å². The van der Waals surface area contributed by atoms with Crippen molar-refractivity contribution < 1.29 is 5.11 Å².